The zero-order chi connectivity index (χ0) is 13.7. The normalized spacial score (nSPS) is 10.2. The third kappa shape index (κ3) is 2.67. The van der Waals surface area contributed by atoms with Crippen LogP contribution in [0.5, 0.6) is 5.75 Å². The van der Waals surface area contributed by atoms with Gasteiger partial charge in [-0.2, -0.15) is 0 Å². The fourth-order valence-corrected chi connectivity index (χ4v) is 1.91. The number of carbonyl (C=O) groups is 1. The van der Waals surface area contributed by atoms with E-state index in [-0.39, 0.29) is 5.56 Å². The third-order valence-corrected chi connectivity index (χ3v) is 2.76. The lowest BCUT2D eigenvalue weighted by molar-refractivity contribution is 0.0692. The largest absolute Gasteiger partial charge is 0.491 e. The summed E-state index contributed by atoms with van der Waals surface area (Å²) in [7, 11) is 0. The van der Waals surface area contributed by atoms with Crippen LogP contribution in [0.15, 0.2) is 12.1 Å². The van der Waals surface area contributed by atoms with Crippen LogP contribution in [0.4, 0.5) is 11.4 Å². The van der Waals surface area contributed by atoms with Gasteiger partial charge < -0.3 is 20.5 Å². The molecule has 0 unspecified atom stereocenters. The van der Waals surface area contributed by atoms with Crippen LogP contribution < -0.4 is 15.4 Å². The highest BCUT2D eigenvalue weighted by Crippen LogP contribution is 2.37. The van der Waals surface area contributed by atoms with Gasteiger partial charge in [0.25, 0.3) is 0 Å². The average Bonchev–Trinajstić information content (AvgIpc) is 2.33. The Bertz CT molecular complexity index is 428. The minimum Gasteiger partial charge on any atom is -0.491 e. The maximum absolute atomic E-state index is 11.2. The molecular weight excluding hydrogens is 232 g/mol. The molecule has 18 heavy (non-hydrogen) atoms. The second-order valence-electron chi connectivity index (χ2n) is 3.79. The molecule has 0 saturated heterocycles. The van der Waals surface area contributed by atoms with Crippen molar-refractivity contribution in [3.05, 3.63) is 17.7 Å². The molecule has 100 valence electrons. The Kier molecular flexibility index (Phi) is 4.83. The zero-order valence-corrected chi connectivity index (χ0v) is 11.1. The number of nitrogens with zero attached hydrogens (tertiary/aromatic N) is 1. The number of rotatable bonds is 6. The SMILES string of the molecule is CCOc1c(C(=O)O)ccc(N)c1N(CC)CC. The summed E-state index contributed by atoms with van der Waals surface area (Å²) in [5, 5.41) is 9.20. The molecule has 0 atom stereocenters. The molecule has 5 heteroatoms. The first-order valence-corrected chi connectivity index (χ1v) is 6.10. The van der Waals surface area contributed by atoms with E-state index in [1.807, 2.05) is 25.7 Å². The van der Waals surface area contributed by atoms with Crippen LogP contribution >= 0.6 is 0 Å². The van der Waals surface area contributed by atoms with Crippen molar-refractivity contribution in [1.82, 2.24) is 0 Å². The van der Waals surface area contributed by atoms with Crippen molar-refractivity contribution in [2.45, 2.75) is 20.8 Å². The molecule has 1 rings (SSSR count). The standard InChI is InChI=1S/C13H20N2O3/c1-4-15(5-2)11-10(14)8-7-9(13(16)17)12(11)18-6-3/h7-8H,4-6,14H2,1-3H3,(H,16,17). The topological polar surface area (TPSA) is 75.8 Å². The molecule has 0 radical (unpaired) electrons. The molecule has 0 bridgehead atoms. The first kappa shape index (κ1) is 14.2. The number of nitrogens with two attached hydrogens (primary N) is 1. The van der Waals surface area contributed by atoms with Gasteiger partial charge in [-0.1, -0.05) is 0 Å². The van der Waals surface area contributed by atoms with Crippen LogP contribution in [0.1, 0.15) is 31.1 Å². The molecule has 5 nitrogen and oxygen atoms in total. The van der Waals surface area contributed by atoms with E-state index in [0.29, 0.717) is 23.7 Å². The number of nitrogen functional groups attached to an aromatic ring is 1. The van der Waals surface area contributed by atoms with Gasteiger partial charge >= 0.3 is 5.97 Å². The van der Waals surface area contributed by atoms with Crippen molar-refractivity contribution >= 4 is 17.3 Å². The van der Waals surface area contributed by atoms with E-state index in [4.69, 9.17) is 10.5 Å². The van der Waals surface area contributed by atoms with Crippen LogP contribution in [0, 0.1) is 0 Å². The predicted octanol–water partition coefficient (Wildman–Crippen LogP) is 2.21. The maximum Gasteiger partial charge on any atom is 0.339 e. The summed E-state index contributed by atoms with van der Waals surface area (Å²) < 4.78 is 5.49. The summed E-state index contributed by atoms with van der Waals surface area (Å²) in [6.45, 7) is 7.69. The van der Waals surface area contributed by atoms with Crippen molar-refractivity contribution in [3.8, 4) is 5.75 Å². The molecule has 3 N–H and O–H groups in total. The molecule has 1 aromatic carbocycles. The Morgan fingerprint density at radius 3 is 2.39 bits per heavy atom. The van der Waals surface area contributed by atoms with Gasteiger partial charge in [0, 0.05) is 13.1 Å². The Morgan fingerprint density at radius 2 is 1.94 bits per heavy atom. The Morgan fingerprint density at radius 1 is 1.33 bits per heavy atom. The highest BCUT2D eigenvalue weighted by Gasteiger charge is 2.21. The van der Waals surface area contributed by atoms with Gasteiger partial charge in [0.05, 0.1) is 12.3 Å². The molecule has 1 aromatic rings. The van der Waals surface area contributed by atoms with Gasteiger partial charge in [0.2, 0.25) is 0 Å². The highest BCUT2D eigenvalue weighted by atomic mass is 16.5. The first-order valence-electron chi connectivity index (χ1n) is 6.10. The van der Waals surface area contributed by atoms with Gasteiger partial charge in [-0.3, -0.25) is 0 Å². The van der Waals surface area contributed by atoms with Crippen molar-refractivity contribution in [1.29, 1.82) is 0 Å². The minimum atomic E-state index is -1.01. The molecule has 0 heterocycles. The number of hydrogen-bond donors (Lipinski definition) is 2. The number of carboxylic acid groups (broad SMARTS) is 1. The van der Waals surface area contributed by atoms with E-state index in [9.17, 15) is 9.90 Å². The molecule has 0 amide bonds. The first-order chi connectivity index (χ1) is 8.56. The summed E-state index contributed by atoms with van der Waals surface area (Å²) in [4.78, 5) is 13.2. The predicted molar refractivity (Wildman–Crippen MR) is 72.5 cm³/mol. The average molecular weight is 252 g/mol. The van der Waals surface area contributed by atoms with Crippen molar-refractivity contribution in [2.24, 2.45) is 0 Å². The van der Waals surface area contributed by atoms with Gasteiger partial charge in [-0.15, -0.1) is 0 Å². The lowest BCUT2D eigenvalue weighted by Gasteiger charge is -2.26. The van der Waals surface area contributed by atoms with Crippen LogP contribution in [-0.4, -0.2) is 30.8 Å². The summed E-state index contributed by atoms with van der Waals surface area (Å²) >= 11 is 0. The van der Waals surface area contributed by atoms with Crippen molar-refractivity contribution in [3.63, 3.8) is 0 Å². The number of aromatic carboxylic acids is 1. The van der Waals surface area contributed by atoms with Gasteiger partial charge in [0.1, 0.15) is 11.3 Å². The van der Waals surface area contributed by atoms with Crippen molar-refractivity contribution in [2.75, 3.05) is 30.3 Å². The second kappa shape index (κ2) is 6.14. The second-order valence-corrected chi connectivity index (χ2v) is 3.79. The molecule has 0 aliphatic heterocycles. The number of ether oxygens (including phenoxy) is 1. The lowest BCUT2D eigenvalue weighted by atomic mass is 10.1. The molecule has 0 spiro atoms. The zero-order valence-electron chi connectivity index (χ0n) is 11.1. The number of anilines is 2. The van der Waals surface area contributed by atoms with Crippen LogP contribution in [0.2, 0.25) is 0 Å². The molecule has 0 aliphatic carbocycles. The smallest absolute Gasteiger partial charge is 0.339 e. The fourth-order valence-electron chi connectivity index (χ4n) is 1.91. The number of benzene rings is 1. The van der Waals surface area contributed by atoms with Crippen LogP contribution in [-0.2, 0) is 0 Å². The van der Waals surface area contributed by atoms with Gasteiger partial charge in [0.15, 0.2) is 5.75 Å². The Balaban J connectivity index is 3.44. The molecule has 0 fully saturated rings. The molecular formula is C13H20N2O3. The minimum absolute atomic E-state index is 0.146. The van der Waals surface area contributed by atoms with E-state index < -0.39 is 5.97 Å². The quantitative estimate of drug-likeness (QED) is 0.759. The number of hydrogen-bond acceptors (Lipinski definition) is 4. The monoisotopic (exact) mass is 252 g/mol. The van der Waals surface area contributed by atoms with Crippen molar-refractivity contribution < 1.29 is 14.6 Å². The fraction of sp³-hybridized carbons (Fsp3) is 0.462. The van der Waals surface area contributed by atoms with E-state index >= 15 is 0 Å². The molecule has 0 aliphatic rings. The number of carboxylic acids is 1. The van der Waals surface area contributed by atoms with E-state index in [0.717, 1.165) is 13.1 Å². The van der Waals surface area contributed by atoms with E-state index in [2.05, 4.69) is 0 Å². The van der Waals surface area contributed by atoms with Crippen LogP contribution in [0.25, 0.3) is 0 Å². The Hall–Kier alpha value is -1.91. The summed E-state index contributed by atoms with van der Waals surface area (Å²) in [5.41, 5.74) is 7.31. The summed E-state index contributed by atoms with van der Waals surface area (Å²) in [6.07, 6.45) is 0. The van der Waals surface area contributed by atoms with E-state index in [1.165, 1.54) is 6.07 Å². The Labute approximate surface area is 107 Å². The maximum atomic E-state index is 11.2. The van der Waals surface area contributed by atoms with Crippen LogP contribution in [0.3, 0.4) is 0 Å². The van der Waals surface area contributed by atoms with E-state index in [1.54, 1.807) is 6.07 Å². The summed E-state index contributed by atoms with van der Waals surface area (Å²) in [5.74, 6) is -0.652. The highest BCUT2D eigenvalue weighted by molar-refractivity contribution is 5.96. The lowest BCUT2D eigenvalue weighted by Crippen LogP contribution is -2.24. The molecule has 0 saturated carbocycles. The van der Waals surface area contributed by atoms with Gasteiger partial charge in [-0.05, 0) is 32.9 Å². The third-order valence-electron chi connectivity index (χ3n) is 2.76. The van der Waals surface area contributed by atoms with Gasteiger partial charge in [-0.25, -0.2) is 4.79 Å². The molecule has 0 aromatic heterocycles. The summed E-state index contributed by atoms with van der Waals surface area (Å²) in [6, 6.07) is 3.09.